The number of benzene rings is 6. The molecule has 81 heavy (non-hydrogen) atoms. The number of aliphatic imine (C=N–C) groups is 2. The monoisotopic (exact) mass is 1170 g/mol. The van der Waals surface area contributed by atoms with Gasteiger partial charge in [-0.05, 0) is 47.5 Å². The van der Waals surface area contributed by atoms with Gasteiger partial charge in [-0.15, -0.1) is 34.9 Å². The Morgan fingerprint density at radius 2 is 1.02 bits per heavy atom. The van der Waals surface area contributed by atoms with Crippen LogP contribution in [-0.4, -0.2) is 127 Å². The molecule has 9 rings (SSSR count). The third-order valence-corrected chi connectivity index (χ3v) is 14.9. The zero-order valence-electron chi connectivity index (χ0n) is 45.2. The molecule has 3 heterocycles. The van der Waals surface area contributed by atoms with Gasteiger partial charge in [0, 0.05) is 52.2 Å². The summed E-state index contributed by atoms with van der Waals surface area (Å²) < 4.78 is 32.0. The zero-order chi connectivity index (χ0) is 58.7. The van der Waals surface area contributed by atoms with Crippen LogP contribution < -0.4 is 34.2 Å². The summed E-state index contributed by atoms with van der Waals surface area (Å²) in [5.74, 6) is 2.75. The van der Waals surface area contributed by atoms with Crippen LogP contribution in [0.4, 0.5) is 0 Å². The largest absolute Gasteiger partial charge is 0.493 e. The van der Waals surface area contributed by atoms with Crippen molar-refractivity contribution >= 4 is 81.1 Å². The number of carbonyl (C=O) groups excluding carboxylic acids is 2. The number of carbonyl (C=O) groups is 4. The zero-order valence-corrected chi connectivity index (χ0v) is 48.6. The van der Waals surface area contributed by atoms with Crippen molar-refractivity contribution in [3.05, 3.63) is 184 Å². The van der Waals surface area contributed by atoms with Crippen molar-refractivity contribution in [2.75, 3.05) is 59.9 Å². The highest BCUT2D eigenvalue weighted by Gasteiger charge is 2.27. The molecule has 0 radical (unpaired) electrons. The molecule has 422 valence electrons. The van der Waals surface area contributed by atoms with E-state index in [2.05, 4.69) is 27.6 Å². The summed E-state index contributed by atoms with van der Waals surface area (Å²) in [7, 11) is 9.33. The maximum atomic E-state index is 12.7. The number of thiol groups is 1. The summed E-state index contributed by atoms with van der Waals surface area (Å²) in [5, 5.41) is 29.4. The lowest BCUT2D eigenvalue weighted by atomic mass is 10.0. The number of carboxylic acid groups (broad SMARTS) is 2. The van der Waals surface area contributed by atoms with E-state index in [1.54, 1.807) is 84.1 Å². The van der Waals surface area contributed by atoms with Gasteiger partial charge in [0.2, 0.25) is 11.5 Å². The van der Waals surface area contributed by atoms with E-state index in [4.69, 9.17) is 49.6 Å². The Labute approximate surface area is 488 Å². The third kappa shape index (κ3) is 19.3. The number of nitriles is 1. The van der Waals surface area contributed by atoms with Gasteiger partial charge in [-0.3, -0.25) is 24.4 Å². The second-order valence-corrected chi connectivity index (χ2v) is 20.2. The molecule has 0 aliphatic carbocycles. The van der Waals surface area contributed by atoms with Gasteiger partial charge in [0.25, 0.3) is 0 Å². The first-order chi connectivity index (χ1) is 39.2. The van der Waals surface area contributed by atoms with Crippen LogP contribution in [0.5, 0.6) is 34.5 Å². The number of hydrogen-bond donors (Lipinski definition) is 4. The highest BCUT2D eigenvalue weighted by atomic mass is 32.2. The fourth-order valence-corrected chi connectivity index (χ4v) is 10.4. The molecule has 2 aliphatic rings. The number of thioether (sulfide) groups is 2. The Morgan fingerprint density at radius 1 is 0.617 bits per heavy atom. The predicted octanol–water partition coefficient (Wildman–Crippen LogP) is 10.2. The van der Waals surface area contributed by atoms with Gasteiger partial charge in [0.1, 0.15) is 22.8 Å². The topological polar surface area (TPSA) is 252 Å². The fourth-order valence-electron chi connectivity index (χ4n) is 7.29. The highest BCUT2D eigenvalue weighted by Crippen LogP contribution is 2.40. The number of nitrogens with zero attached hydrogens (tertiary/aromatic N) is 4. The Kier molecular flexibility index (Phi) is 26.3. The van der Waals surface area contributed by atoms with Crippen molar-refractivity contribution in [1.82, 2.24) is 4.98 Å². The second-order valence-electron chi connectivity index (χ2n) is 16.9. The number of nitrogens with two attached hydrogens (primary N) is 1. The SMILES string of the molecule is COc1cc(CC(=O)C2CSC(c3ccccc3)=N2)cc(OC)c1OC.COc1cc(CC(=O)c2csc(-c3ccccc3)n2)cc(OC)c1OC.N#Cc1ccccc1.NC(CS)C(=O)O.O=C(O)C1CSC(c2ccccc2)=N1. The van der Waals surface area contributed by atoms with E-state index in [0.717, 1.165) is 42.9 Å². The number of methoxy groups -OCH3 is 6. The van der Waals surface area contributed by atoms with E-state index < -0.39 is 24.0 Å². The number of rotatable bonds is 18. The molecule has 17 nitrogen and oxygen atoms in total. The maximum Gasteiger partial charge on any atom is 0.329 e. The lowest BCUT2D eigenvalue weighted by Crippen LogP contribution is -2.31. The first kappa shape index (κ1) is 63.7. The molecule has 0 saturated heterocycles. The molecular formula is C60H61N5O12S4. The smallest absolute Gasteiger partial charge is 0.329 e. The van der Waals surface area contributed by atoms with Crippen LogP contribution in [0.3, 0.4) is 0 Å². The van der Waals surface area contributed by atoms with Crippen molar-refractivity contribution in [2.24, 2.45) is 15.7 Å². The number of ether oxygens (including phenoxy) is 6. The van der Waals surface area contributed by atoms with Crippen LogP contribution in [-0.2, 0) is 27.2 Å². The summed E-state index contributed by atoms with van der Waals surface area (Å²) in [6.07, 6.45) is 0.474. The number of carboxylic acids is 2. The predicted molar refractivity (Wildman–Crippen MR) is 323 cm³/mol. The summed E-state index contributed by atoms with van der Waals surface area (Å²) in [6, 6.07) is 46.0. The molecule has 0 spiro atoms. The summed E-state index contributed by atoms with van der Waals surface area (Å²) in [6.45, 7) is 0. The number of aliphatic carboxylic acids is 2. The fraction of sp³-hybridized carbons (Fsp3) is 0.233. The maximum absolute atomic E-state index is 12.7. The standard InChI is InChI=1S/C20H21NO4S.C20H19NO4S.C10H9NO2S.C7H5N.C3H7NO2S/c2*1-23-17-10-13(11-18(24-2)19(17)25-3)9-16(22)15-12-26-20(21-15)14-7-5-4-6-8-14;12-10(13)8-6-14-9(11-8)7-4-2-1-3-5-7;8-6-7-4-2-1-3-5-7;4-2(1-7)3(5)6/h4-8,10-11,15H,9,12H2,1-3H3;4-8,10-12H,9H2,1-3H3;1-5,8H,6H2,(H,12,13);1-5H;2,7H,1,4H2,(H,5,6). The molecule has 3 atom stereocenters. The van der Waals surface area contributed by atoms with Crippen LogP contribution in [0.2, 0.25) is 0 Å². The molecule has 1 aromatic heterocycles. The lowest BCUT2D eigenvalue weighted by Gasteiger charge is -2.14. The van der Waals surface area contributed by atoms with Crippen LogP contribution in [0, 0.1) is 11.3 Å². The van der Waals surface area contributed by atoms with Crippen molar-refractivity contribution in [3.63, 3.8) is 0 Å². The van der Waals surface area contributed by atoms with Gasteiger partial charge in [-0.2, -0.15) is 17.9 Å². The number of hydrogen-bond acceptors (Lipinski definition) is 19. The Bertz CT molecular complexity index is 3220. The number of Topliss-reactive ketones (excluding diaryl/α,β-unsaturated/α-hetero) is 2. The van der Waals surface area contributed by atoms with Crippen LogP contribution in [0.1, 0.15) is 38.3 Å². The normalized spacial score (nSPS) is 14.0. The Balaban J connectivity index is 0.000000203. The molecule has 6 aromatic carbocycles. The van der Waals surface area contributed by atoms with E-state index in [1.807, 2.05) is 127 Å². The van der Waals surface area contributed by atoms with Gasteiger partial charge in [-0.25, -0.2) is 9.78 Å². The van der Waals surface area contributed by atoms with Crippen molar-refractivity contribution < 1.29 is 57.8 Å². The highest BCUT2D eigenvalue weighted by molar-refractivity contribution is 8.15. The number of aromatic nitrogens is 1. The van der Waals surface area contributed by atoms with Crippen LogP contribution in [0.25, 0.3) is 10.6 Å². The van der Waals surface area contributed by atoms with Crippen molar-refractivity contribution in [1.29, 1.82) is 5.26 Å². The van der Waals surface area contributed by atoms with Gasteiger partial charge >= 0.3 is 11.9 Å². The minimum Gasteiger partial charge on any atom is -0.493 e. The molecule has 4 N–H and O–H groups in total. The van der Waals surface area contributed by atoms with Gasteiger partial charge in [0.15, 0.2) is 40.6 Å². The summed E-state index contributed by atoms with van der Waals surface area (Å²) in [5.41, 5.74) is 10.8. The molecule has 21 heteroatoms. The quantitative estimate of drug-likeness (QED) is 0.0460. The van der Waals surface area contributed by atoms with E-state index in [9.17, 15) is 19.2 Å². The first-order valence-corrected chi connectivity index (χ1v) is 28.1. The molecule has 0 fully saturated rings. The summed E-state index contributed by atoms with van der Waals surface area (Å²) >= 11 is 8.24. The van der Waals surface area contributed by atoms with Gasteiger partial charge in [-0.1, -0.05) is 109 Å². The average Bonchev–Trinajstić information content (AvgIpc) is 4.36. The van der Waals surface area contributed by atoms with Crippen molar-refractivity contribution in [3.8, 4) is 51.1 Å². The van der Waals surface area contributed by atoms with E-state index in [-0.39, 0.29) is 36.2 Å². The average molecular weight is 1170 g/mol. The molecule has 0 bridgehead atoms. The van der Waals surface area contributed by atoms with Crippen LogP contribution in [0.15, 0.2) is 161 Å². The lowest BCUT2D eigenvalue weighted by molar-refractivity contribution is -0.138. The third-order valence-electron chi connectivity index (χ3n) is 11.4. The van der Waals surface area contributed by atoms with Crippen molar-refractivity contribution in [2.45, 2.75) is 31.0 Å². The second kappa shape index (κ2) is 33.5. The van der Waals surface area contributed by atoms with Crippen LogP contribution >= 0.6 is 47.5 Å². The van der Waals surface area contributed by atoms with E-state index >= 15 is 0 Å². The Morgan fingerprint density at radius 3 is 1.38 bits per heavy atom. The van der Waals surface area contributed by atoms with E-state index in [0.29, 0.717) is 57.3 Å². The molecular weight excluding hydrogens is 1110 g/mol. The molecule has 0 amide bonds. The first-order valence-electron chi connectivity index (χ1n) is 24.6. The molecule has 2 aliphatic heterocycles. The summed E-state index contributed by atoms with van der Waals surface area (Å²) in [4.78, 5) is 59.0. The van der Waals surface area contributed by atoms with Gasteiger partial charge < -0.3 is 44.4 Å². The van der Waals surface area contributed by atoms with Gasteiger partial charge in [0.05, 0.1) is 64.4 Å². The minimum absolute atomic E-state index is 0.0577. The minimum atomic E-state index is -1.00. The molecule has 3 unspecified atom stereocenters. The number of ketones is 2. The van der Waals surface area contributed by atoms with E-state index in [1.165, 1.54) is 23.1 Å². The number of thiazole rings is 1. The Hall–Kier alpha value is -8.13. The molecule has 7 aromatic rings. The molecule has 0 saturated carbocycles.